The average Bonchev–Trinajstić information content (AvgIpc) is 2.44. The second-order valence-electron chi connectivity index (χ2n) is 4.82. The third-order valence-corrected chi connectivity index (χ3v) is 4.84. The van der Waals surface area contributed by atoms with Gasteiger partial charge in [-0.25, -0.2) is 0 Å². The molecule has 0 saturated heterocycles. The van der Waals surface area contributed by atoms with Crippen LogP contribution in [0.3, 0.4) is 0 Å². The zero-order valence-corrected chi connectivity index (χ0v) is 15.6. The summed E-state index contributed by atoms with van der Waals surface area (Å²) in [6.07, 6.45) is 6.97. The van der Waals surface area contributed by atoms with E-state index in [1.165, 1.54) is 25.7 Å². The van der Waals surface area contributed by atoms with Crippen LogP contribution in [0.1, 0.15) is 52.4 Å². The van der Waals surface area contributed by atoms with Gasteiger partial charge in [-0.1, -0.05) is 39.5 Å². The smallest absolute Gasteiger partial charge is 0.162 e. The summed E-state index contributed by atoms with van der Waals surface area (Å²) in [5.74, 6) is 1.65. The van der Waals surface area contributed by atoms with E-state index in [4.69, 9.17) is 9.47 Å². The van der Waals surface area contributed by atoms with Gasteiger partial charge in [-0.3, -0.25) is 0 Å². The molecule has 0 fully saturated rings. The Kier molecular flexibility index (Phi) is 9.36. The molecule has 4 heteroatoms. The van der Waals surface area contributed by atoms with Crippen molar-refractivity contribution in [2.75, 3.05) is 13.2 Å². The number of ether oxygens (including phenoxy) is 2. The number of hydrogen-bond acceptors (Lipinski definition) is 2. The minimum atomic E-state index is 0.743. The van der Waals surface area contributed by atoms with Crippen molar-refractivity contribution in [3.8, 4) is 11.5 Å². The highest BCUT2D eigenvalue weighted by atomic mass is 79.9. The predicted molar refractivity (Wildman–Crippen MR) is 91.9 cm³/mol. The monoisotopic (exact) mass is 406 g/mol. The number of rotatable bonds is 10. The molecule has 0 unspecified atom stereocenters. The van der Waals surface area contributed by atoms with Crippen LogP contribution in [0.2, 0.25) is 0 Å². The van der Waals surface area contributed by atoms with Crippen molar-refractivity contribution >= 4 is 31.9 Å². The molecule has 0 aliphatic heterocycles. The van der Waals surface area contributed by atoms with E-state index in [0.717, 1.165) is 46.5 Å². The van der Waals surface area contributed by atoms with Gasteiger partial charge in [0.15, 0.2) is 11.5 Å². The Morgan fingerprint density at radius 2 is 1.15 bits per heavy atom. The minimum absolute atomic E-state index is 0.743. The standard InChI is InChI=1S/C16H24Br2O2/c1-3-5-7-9-19-15-11-13(17)14(18)12-16(15)20-10-8-6-4-2/h11-12H,3-10H2,1-2H3. The third-order valence-electron chi connectivity index (χ3n) is 3.00. The SMILES string of the molecule is CCCCCOc1cc(Br)c(Br)cc1OCCCCC. The molecule has 0 heterocycles. The summed E-state index contributed by atoms with van der Waals surface area (Å²) in [5, 5.41) is 0. The molecule has 0 spiro atoms. The molecule has 0 aliphatic rings. The highest BCUT2D eigenvalue weighted by Crippen LogP contribution is 2.36. The predicted octanol–water partition coefficient (Wildman–Crippen LogP) is 6.35. The first-order valence-corrected chi connectivity index (χ1v) is 9.02. The first kappa shape index (κ1) is 17.8. The van der Waals surface area contributed by atoms with Crippen molar-refractivity contribution in [3.05, 3.63) is 21.1 Å². The summed E-state index contributed by atoms with van der Waals surface area (Å²) in [4.78, 5) is 0. The maximum atomic E-state index is 5.86. The van der Waals surface area contributed by atoms with E-state index >= 15 is 0 Å². The lowest BCUT2D eigenvalue weighted by Gasteiger charge is -2.14. The Labute approximate surface area is 139 Å². The molecule has 0 bridgehead atoms. The summed E-state index contributed by atoms with van der Waals surface area (Å²) >= 11 is 7.03. The van der Waals surface area contributed by atoms with Gasteiger partial charge in [-0.2, -0.15) is 0 Å². The van der Waals surface area contributed by atoms with Crippen molar-refractivity contribution in [1.82, 2.24) is 0 Å². The largest absolute Gasteiger partial charge is 0.490 e. The van der Waals surface area contributed by atoms with Crippen molar-refractivity contribution < 1.29 is 9.47 Å². The molecule has 0 saturated carbocycles. The lowest BCUT2D eigenvalue weighted by atomic mass is 10.2. The van der Waals surface area contributed by atoms with Crippen LogP contribution >= 0.6 is 31.9 Å². The van der Waals surface area contributed by atoms with Crippen LogP contribution in [-0.2, 0) is 0 Å². The van der Waals surface area contributed by atoms with Crippen LogP contribution in [0.25, 0.3) is 0 Å². The molecule has 0 aromatic heterocycles. The van der Waals surface area contributed by atoms with E-state index in [0.29, 0.717) is 0 Å². The molecular formula is C16H24Br2O2. The van der Waals surface area contributed by atoms with Gasteiger partial charge < -0.3 is 9.47 Å². The van der Waals surface area contributed by atoms with Gasteiger partial charge in [0.25, 0.3) is 0 Å². The Morgan fingerprint density at radius 3 is 1.50 bits per heavy atom. The highest BCUT2D eigenvalue weighted by Gasteiger charge is 2.09. The molecule has 1 aromatic carbocycles. The zero-order chi connectivity index (χ0) is 14.8. The third kappa shape index (κ3) is 6.49. The summed E-state index contributed by atoms with van der Waals surface area (Å²) in [6, 6.07) is 3.95. The van der Waals surface area contributed by atoms with Gasteiger partial charge in [-0.15, -0.1) is 0 Å². The Hall–Kier alpha value is -0.220. The fraction of sp³-hybridized carbons (Fsp3) is 0.625. The minimum Gasteiger partial charge on any atom is -0.490 e. The van der Waals surface area contributed by atoms with E-state index in [2.05, 4.69) is 45.7 Å². The molecule has 1 aromatic rings. The maximum Gasteiger partial charge on any atom is 0.162 e. The quantitative estimate of drug-likeness (QED) is 0.420. The lowest BCUT2D eigenvalue weighted by Crippen LogP contribution is -2.03. The fourth-order valence-electron chi connectivity index (χ4n) is 1.80. The molecule has 0 atom stereocenters. The van der Waals surface area contributed by atoms with Crippen LogP contribution < -0.4 is 9.47 Å². The molecular weight excluding hydrogens is 384 g/mol. The maximum absolute atomic E-state index is 5.86. The van der Waals surface area contributed by atoms with Crippen LogP contribution in [0.4, 0.5) is 0 Å². The Bertz CT molecular complexity index is 357. The van der Waals surface area contributed by atoms with Crippen LogP contribution in [0.5, 0.6) is 11.5 Å². The topological polar surface area (TPSA) is 18.5 Å². The van der Waals surface area contributed by atoms with Gasteiger partial charge in [0.05, 0.1) is 13.2 Å². The number of halogens is 2. The van der Waals surface area contributed by atoms with E-state index in [1.807, 2.05) is 12.1 Å². The van der Waals surface area contributed by atoms with E-state index in [1.54, 1.807) is 0 Å². The molecule has 1 rings (SSSR count). The van der Waals surface area contributed by atoms with E-state index < -0.39 is 0 Å². The van der Waals surface area contributed by atoms with Crippen LogP contribution in [0, 0.1) is 0 Å². The highest BCUT2D eigenvalue weighted by molar-refractivity contribution is 9.13. The van der Waals surface area contributed by atoms with Crippen molar-refractivity contribution in [2.24, 2.45) is 0 Å². The van der Waals surface area contributed by atoms with Gasteiger partial charge >= 0.3 is 0 Å². The molecule has 0 aliphatic carbocycles. The van der Waals surface area contributed by atoms with Gasteiger partial charge in [-0.05, 0) is 56.8 Å². The van der Waals surface area contributed by atoms with E-state index in [9.17, 15) is 0 Å². The van der Waals surface area contributed by atoms with Gasteiger partial charge in [0.1, 0.15) is 0 Å². The van der Waals surface area contributed by atoms with E-state index in [-0.39, 0.29) is 0 Å². The second-order valence-corrected chi connectivity index (χ2v) is 6.53. The first-order valence-electron chi connectivity index (χ1n) is 7.43. The average molecular weight is 408 g/mol. The zero-order valence-electron chi connectivity index (χ0n) is 12.4. The van der Waals surface area contributed by atoms with Crippen molar-refractivity contribution in [2.45, 2.75) is 52.4 Å². The summed E-state index contributed by atoms with van der Waals surface area (Å²) < 4.78 is 13.7. The number of benzene rings is 1. The molecule has 0 N–H and O–H groups in total. The van der Waals surface area contributed by atoms with Gasteiger partial charge in [0.2, 0.25) is 0 Å². The summed E-state index contributed by atoms with van der Waals surface area (Å²) in [5.41, 5.74) is 0. The van der Waals surface area contributed by atoms with Crippen molar-refractivity contribution in [3.63, 3.8) is 0 Å². The van der Waals surface area contributed by atoms with Crippen LogP contribution in [-0.4, -0.2) is 13.2 Å². The molecule has 0 radical (unpaired) electrons. The van der Waals surface area contributed by atoms with Crippen molar-refractivity contribution in [1.29, 1.82) is 0 Å². The molecule has 20 heavy (non-hydrogen) atoms. The van der Waals surface area contributed by atoms with Crippen LogP contribution in [0.15, 0.2) is 21.1 Å². The number of unbranched alkanes of at least 4 members (excludes halogenated alkanes) is 4. The molecule has 0 amide bonds. The summed E-state index contributed by atoms with van der Waals surface area (Å²) in [6.45, 7) is 5.87. The first-order chi connectivity index (χ1) is 9.69. The molecule has 2 nitrogen and oxygen atoms in total. The number of hydrogen-bond donors (Lipinski definition) is 0. The fourth-order valence-corrected chi connectivity index (χ4v) is 2.45. The van der Waals surface area contributed by atoms with Gasteiger partial charge in [0, 0.05) is 8.95 Å². The normalized spacial score (nSPS) is 10.6. The lowest BCUT2D eigenvalue weighted by molar-refractivity contribution is 0.259. The Balaban J connectivity index is 2.61. The Morgan fingerprint density at radius 1 is 0.750 bits per heavy atom. The summed E-state index contributed by atoms with van der Waals surface area (Å²) in [7, 11) is 0. The molecule has 114 valence electrons. The second kappa shape index (κ2) is 10.5.